The molecule has 0 spiro atoms. The molecule has 1 heterocycles. The number of thiophene rings is 1. The number of carbonyl (C=O) groups is 2. The Bertz CT molecular complexity index is 733. The van der Waals surface area contributed by atoms with E-state index in [2.05, 4.69) is 5.32 Å². The average molecular weight is 396 g/mol. The Balaban J connectivity index is 1.80. The van der Waals surface area contributed by atoms with E-state index in [9.17, 15) is 9.59 Å². The maximum absolute atomic E-state index is 12.2. The number of rotatable bonds is 9. The van der Waals surface area contributed by atoms with Crippen LogP contribution in [-0.2, 0) is 20.1 Å². The standard InChI is InChI=1S/C18H21NO5S2/c1-12(24-17(20)11-25-10-14-5-4-8-26-14)18(21)19-13-6-7-15(22-2)16(9-13)23-3/h4-9,12H,10-11H2,1-3H3,(H,19,21)/t12-/m0/s1. The van der Waals surface area contributed by atoms with Crippen molar-refractivity contribution in [2.24, 2.45) is 0 Å². The Morgan fingerprint density at radius 3 is 2.62 bits per heavy atom. The molecule has 6 nitrogen and oxygen atoms in total. The minimum Gasteiger partial charge on any atom is -0.493 e. The van der Waals surface area contributed by atoms with Crippen LogP contribution in [-0.4, -0.2) is 38.0 Å². The van der Waals surface area contributed by atoms with Gasteiger partial charge in [0.15, 0.2) is 17.6 Å². The molecular weight excluding hydrogens is 374 g/mol. The third-order valence-corrected chi connectivity index (χ3v) is 5.39. The minimum atomic E-state index is -0.891. The average Bonchev–Trinajstić information content (AvgIpc) is 3.14. The van der Waals surface area contributed by atoms with Gasteiger partial charge in [-0.1, -0.05) is 6.07 Å². The summed E-state index contributed by atoms with van der Waals surface area (Å²) < 4.78 is 15.5. The van der Waals surface area contributed by atoms with E-state index in [-0.39, 0.29) is 5.75 Å². The number of hydrogen-bond donors (Lipinski definition) is 1. The molecule has 1 atom stereocenters. The molecule has 1 aromatic carbocycles. The number of anilines is 1. The van der Waals surface area contributed by atoms with E-state index in [0.29, 0.717) is 17.2 Å². The van der Waals surface area contributed by atoms with Gasteiger partial charge in [0, 0.05) is 22.4 Å². The Morgan fingerprint density at radius 1 is 1.19 bits per heavy atom. The van der Waals surface area contributed by atoms with Crippen LogP contribution < -0.4 is 14.8 Å². The lowest BCUT2D eigenvalue weighted by atomic mass is 10.2. The third-order valence-electron chi connectivity index (χ3n) is 3.37. The second-order valence-electron chi connectivity index (χ2n) is 5.26. The van der Waals surface area contributed by atoms with E-state index >= 15 is 0 Å². The molecule has 1 N–H and O–H groups in total. The fraction of sp³-hybridized carbons (Fsp3) is 0.333. The molecule has 140 valence electrons. The molecule has 0 aliphatic carbocycles. The van der Waals surface area contributed by atoms with Crippen molar-refractivity contribution in [3.63, 3.8) is 0 Å². The number of ether oxygens (including phenoxy) is 3. The van der Waals surface area contributed by atoms with Gasteiger partial charge in [-0.2, -0.15) is 0 Å². The van der Waals surface area contributed by atoms with Crippen LogP contribution in [0.4, 0.5) is 5.69 Å². The van der Waals surface area contributed by atoms with Gasteiger partial charge in [-0.15, -0.1) is 23.1 Å². The monoisotopic (exact) mass is 395 g/mol. The van der Waals surface area contributed by atoms with Crippen LogP contribution >= 0.6 is 23.1 Å². The van der Waals surface area contributed by atoms with Crippen LogP contribution in [0.5, 0.6) is 11.5 Å². The van der Waals surface area contributed by atoms with Crippen molar-refractivity contribution in [1.82, 2.24) is 0 Å². The van der Waals surface area contributed by atoms with Gasteiger partial charge in [-0.25, -0.2) is 0 Å². The summed E-state index contributed by atoms with van der Waals surface area (Å²) in [4.78, 5) is 25.3. The van der Waals surface area contributed by atoms with Crippen LogP contribution in [0, 0.1) is 0 Å². The molecule has 0 bridgehead atoms. The number of carbonyl (C=O) groups excluding carboxylic acids is 2. The van der Waals surface area contributed by atoms with Crippen molar-refractivity contribution in [2.75, 3.05) is 25.3 Å². The second-order valence-corrected chi connectivity index (χ2v) is 7.28. The van der Waals surface area contributed by atoms with E-state index < -0.39 is 18.0 Å². The Labute approximate surface area is 160 Å². The third kappa shape index (κ3) is 5.96. The topological polar surface area (TPSA) is 73.9 Å². The summed E-state index contributed by atoms with van der Waals surface area (Å²) in [6.45, 7) is 1.54. The van der Waals surface area contributed by atoms with Gasteiger partial charge < -0.3 is 19.5 Å². The fourth-order valence-corrected chi connectivity index (χ4v) is 3.72. The molecular formula is C18H21NO5S2. The van der Waals surface area contributed by atoms with Gasteiger partial charge in [-0.05, 0) is 30.5 Å². The first-order valence-corrected chi connectivity index (χ1v) is 9.89. The Morgan fingerprint density at radius 2 is 1.96 bits per heavy atom. The highest BCUT2D eigenvalue weighted by atomic mass is 32.2. The number of benzene rings is 1. The number of esters is 1. The van der Waals surface area contributed by atoms with Crippen LogP contribution in [0.3, 0.4) is 0 Å². The molecule has 0 radical (unpaired) electrons. The number of hydrogen-bond acceptors (Lipinski definition) is 7. The van der Waals surface area contributed by atoms with Gasteiger partial charge in [0.05, 0.1) is 20.0 Å². The number of methoxy groups -OCH3 is 2. The lowest BCUT2D eigenvalue weighted by molar-refractivity contribution is -0.150. The minimum absolute atomic E-state index is 0.200. The first kappa shape index (κ1) is 20.1. The van der Waals surface area contributed by atoms with Crippen molar-refractivity contribution in [2.45, 2.75) is 18.8 Å². The van der Waals surface area contributed by atoms with Crippen molar-refractivity contribution in [3.05, 3.63) is 40.6 Å². The molecule has 0 saturated carbocycles. The van der Waals surface area contributed by atoms with Crippen molar-refractivity contribution in [3.8, 4) is 11.5 Å². The Kier molecular flexibility index (Phi) is 7.80. The highest BCUT2D eigenvalue weighted by Gasteiger charge is 2.18. The second kappa shape index (κ2) is 10.1. The summed E-state index contributed by atoms with van der Waals surface area (Å²) in [6, 6.07) is 9.00. The summed E-state index contributed by atoms with van der Waals surface area (Å²) >= 11 is 3.10. The van der Waals surface area contributed by atoms with Crippen LogP contribution in [0.25, 0.3) is 0 Å². The molecule has 0 aliphatic rings. The maximum Gasteiger partial charge on any atom is 0.316 e. The zero-order chi connectivity index (χ0) is 18.9. The SMILES string of the molecule is COc1ccc(NC(=O)[C@H](C)OC(=O)CSCc2cccs2)cc1OC. The summed E-state index contributed by atoms with van der Waals surface area (Å²) in [5.41, 5.74) is 0.530. The zero-order valence-electron chi connectivity index (χ0n) is 14.8. The van der Waals surface area contributed by atoms with Gasteiger partial charge in [0.2, 0.25) is 0 Å². The van der Waals surface area contributed by atoms with E-state index in [1.165, 1.54) is 37.8 Å². The number of nitrogens with one attached hydrogen (secondary N) is 1. The summed E-state index contributed by atoms with van der Waals surface area (Å²) in [6.07, 6.45) is -0.891. The normalized spacial score (nSPS) is 11.5. The van der Waals surface area contributed by atoms with E-state index in [1.807, 2.05) is 17.5 Å². The quantitative estimate of drug-likeness (QED) is 0.655. The van der Waals surface area contributed by atoms with Crippen molar-refractivity contribution >= 4 is 40.7 Å². The molecule has 2 aromatic rings. The molecule has 0 unspecified atom stereocenters. The van der Waals surface area contributed by atoms with Gasteiger partial charge >= 0.3 is 5.97 Å². The van der Waals surface area contributed by atoms with Crippen LogP contribution in [0.15, 0.2) is 35.7 Å². The highest BCUT2D eigenvalue weighted by molar-refractivity contribution is 7.99. The molecule has 1 amide bonds. The first-order chi connectivity index (χ1) is 12.5. The first-order valence-electron chi connectivity index (χ1n) is 7.86. The predicted octanol–water partition coefficient (Wildman–Crippen LogP) is 3.57. The summed E-state index contributed by atoms with van der Waals surface area (Å²) in [5.74, 6) is 1.19. The van der Waals surface area contributed by atoms with E-state index in [0.717, 1.165) is 5.75 Å². The molecule has 26 heavy (non-hydrogen) atoms. The van der Waals surface area contributed by atoms with Crippen LogP contribution in [0.1, 0.15) is 11.8 Å². The summed E-state index contributed by atoms with van der Waals surface area (Å²) in [5, 5.41) is 4.69. The van der Waals surface area contributed by atoms with Gasteiger partial charge in [0.25, 0.3) is 5.91 Å². The molecule has 0 aliphatic heterocycles. The van der Waals surface area contributed by atoms with E-state index in [4.69, 9.17) is 14.2 Å². The van der Waals surface area contributed by atoms with Gasteiger partial charge in [-0.3, -0.25) is 9.59 Å². The van der Waals surface area contributed by atoms with E-state index in [1.54, 1.807) is 29.5 Å². The fourth-order valence-electron chi connectivity index (χ4n) is 2.07. The van der Waals surface area contributed by atoms with Crippen LogP contribution in [0.2, 0.25) is 0 Å². The largest absolute Gasteiger partial charge is 0.493 e. The van der Waals surface area contributed by atoms with Gasteiger partial charge in [0.1, 0.15) is 0 Å². The lowest BCUT2D eigenvalue weighted by Gasteiger charge is -2.14. The molecule has 0 saturated heterocycles. The Hall–Kier alpha value is -2.19. The molecule has 1 aromatic heterocycles. The molecule has 2 rings (SSSR count). The lowest BCUT2D eigenvalue weighted by Crippen LogP contribution is -2.30. The molecule has 8 heteroatoms. The maximum atomic E-state index is 12.2. The van der Waals surface area contributed by atoms with Crippen molar-refractivity contribution in [1.29, 1.82) is 0 Å². The summed E-state index contributed by atoms with van der Waals surface area (Å²) in [7, 11) is 3.05. The van der Waals surface area contributed by atoms with Crippen molar-refractivity contribution < 1.29 is 23.8 Å². The molecule has 0 fully saturated rings. The number of amides is 1. The zero-order valence-corrected chi connectivity index (χ0v) is 16.4. The number of thioether (sulfide) groups is 1. The smallest absolute Gasteiger partial charge is 0.316 e. The predicted molar refractivity (Wildman–Crippen MR) is 104 cm³/mol. The highest BCUT2D eigenvalue weighted by Crippen LogP contribution is 2.29.